The molecule has 1 aliphatic rings. The van der Waals surface area contributed by atoms with Crippen molar-refractivity contribution in [3.8, 4) is 0 Å². The first-order valence-electron chi connectivity index (χ1n) is 7.53. The maximum absolute atomic E-state index is 12.2. The molecule has 0 aliphatic carbocycles. The van der Waals surface area contributed by atoms with Gasteiger partial charge in [0.25, 0.3) is 0 Å². The highest BCUT2D eigenvalue weighted by Gasteiger charge is 2.23. The molecule has 110 valence electrons. The number of carbonyl (C=O) groups is 1. The van der Waals surface area contributed by atoms with Crippen molar-refractivity contribution in [1.82, 2.24) is 4.90 Å². The Kier molecular flexibility index (Phi) is 4.48. The lowest BCUT2D eigenvalue weighted by Gasteiger charge is -2.23. The summed E-state index contributed by atoms with van der Waals surface area (Å²) in [5, 5.41) is 3.02. The van der Waals surface area contributed by atoms with Crippen LogP contribution >= 0.6 is 0 Å². The van der Waals surface area contributed by atoms with Gasteiger partial charge in [-0.15, -0.1) is 0 Å². The Labute approximate surface area is 122 Å². The SMILES string of the molecule is C[C@H](C(=O)Nc1ccc(C(C)(C)C)cc1)N1CCCC1. The summed E-state index contributed by atoms with van der Waals surface area (Å²) in [6.45, 7) is 10.6. The molecule has 1 amide bonds. The first-order valence-corrected chi connectivity index (χ1v) is 7.53. The van der Waals surface area contributed by atoms with Crippen LogP contribution in [-0.2, 0) is 10.2 Å². The minimum Gasteiger partial charge on any atom is -0.325 e. The Bertz CT molecular complexity index is 453. The predicted octanol–water partition coefficient (Wildman–Crippen LogP) is 3.41. The van der Waals surface area contributed by atoms with Gasteiger partial charge in [0, 0.05) is 5.69 Å². The van der Waals surface area contributed by atoms with Gasteiger partial charge in [-0.2, -0.15) is 0 Å². The molecule has 1 N–H and O–H groups in total. The van der Waals surface area contributed by atoms with Crippen LogP contribution in [-0.4, -0.2) is 29.9 Å². The van der Waals surface area contributed by atoms with E-state index in [1.807, 2.05) is 19.1 Å². The van der Waals surface area contributed by atoms with Crippen LogP contribution in [0, 0.1) is 0 Å². The molecule has 0 saturated carbocycles. The van der Waals surface area contributed by atoms with Crippen LogP contribution in [0.15, 0.2) is 24.3 Å². The van der Waals surface area contributed by atoms with Crippen molar-refractivity contribution in [3.05, 3.63) is 29.8 Å². The zero-order chi connectivity index (χ0) is 14.8. The average Bonchev–Trinajstić information content (AvgIpc) is 2.91. The maximum atomic E-state index is 12.2. The third kappa shape index (κ3) is 3.60. The second-order valence-electron chi connectivity index (χ2n) is 6.74. The largest absolute Gasteiger partial charge is 0.325 e. The molecule has 1 heterocycles. The van der Waals surface area contributed by atoms with E-state index in [2.05, 4.69) is 43.1 Å². The van der Waals surface area contributed by atoms with Crippen molar-refractivity contribution in [2.45, 2.75) is 52.0 Å². The summed E-state index contributed by atoms with van der Waals surface area (Å²) in [6.07, 6.45) is 2.41. The Morgan fingerprint density at radius 3 is 2.20 bits per heavy atom. The number of hydrogen-bond donors (Lipinski definition) is 1. The van der Waals surface area contributed by atoms with E-state index in [4.69, 9.17) is 0 Å². The van der Waals surface area contributed by atoms with Crippen LogP contribution in [0.2, 0.25) is 0 Å². The Hall–Kier alpha value is -1.35. The standard InChI is InChI=1S/C17H26N2O/c1-13(19-11-5-6-12-19)16(20)18-15-9-7-14(8-10-15)17(2,3)4/h7-10,13H,5-6,11-12H2,1-4H3,(H,18,20)/t13-/m1/s1. The minimum absolute atomic E-state index is 0.0419. The van der Waals surface area contributed by atoms with E-state index in [1.165, 1.54) is 18.4 Å². The molecule has 20 heavy (non-hydrogen) atoms. The quantitative estimate of drug-likeness (QED) is 0.916. The number of amides is 1. The number of nitrogens with one attached hydrogen (secondary N) is 1. The van der Waals surface area contributed by atoms with Gasteiger partial charge < -0.3 is 5.32 Å². The van der Waals surface area contributed by atoms with E-state index in [-0.39, 0.29) is 17.4 Å². The Balaban J connectivity index is 1.97. The molecule has 1 aliphatic heterocycles. The minimum atomic E-state index is -0.0419. The van der Waals surface area contributed by atoms with E-state index in [0.717, 1.165) is 18.8 Å². The van der Waals surface area contributed by atoms with Gasteiger partial charge in [0.1, 0.15) is 0 Å². The van der Waals surface area contributed by atoms with E-state index in [0.29, 0.717) is 0 Å². The van der Waals surface area contributed by atoms with Crippen molar-refractivity contribution in [1.29, 1.82) is 0 Å². The van der Waals surface area contributed by atoms with Gasteiger partial charge >= 0.3 is 0 Å². The second kappa shape index (κ2) is 5.96. The zero-order valence-electron chi connectivity index (χ0n) is 13.1. The van der Waals surface area contributed by atoms with Crippen LogP contribution in [0.5, 0.6) is 0 Å². The van der Waals surface area contributed by atoms with E-state index >= 15 is 0 Å². The molecule has 1 saturated heterocycles. The number of benzene rings is 1. The number of nitrogens with zero attached hydrogens (tertiary/aromatic N) is 1. The van der Waals surface area contributed by atoms with Gasteiger partial charge in [0.05, 0.1) is 6.04 Å². The summed E-state index contributed by atoms with van der Waals surface area (Å²) in [5.41, 5.74) is 2.31. The summed E-state index contributed by atoms with van der Waals surface area (Å²) >= 11 is 0. The summed E-state index contributed by atoms with van der Waals surface area (Å²) in [5.74, 6) is 0.0930. The van der Waals surface area contributed by atoms with Crippen molar-refractivity contribution in [2.75, 3.05) is 18.4 Å². The highest BCUT2D eigenvalue weighted by molar-refractivity contribution is 5.94. The summed E-state index contributed by atoms with van der Waals surface area (Å²) < 4.78 is 0. The smallest absolute Gasteiger partial charge is 0.241 e. The number of rotatable bonds is 3. The molecule has 3 heteroatoms. The first-order chi connectivity index (χ1) is 9.38. The van der Waals surface area contributed by atoms with Crippen molar-refractivity contribution >= 4 is 11.6 Å². The number of carbonyl (C=O) groups excluding carboxylic acids is 1. The lowest BCUT2D eigenvalue weighted by Crippen LogP contribution is -2.40. The number of anilines is 1. The van der Waals surface area contributed by atoms with Crippen LogP contribution in [0.3, 0.4) is 0 Å². The normalized spacial score (nSPS) is 18.0. The van der Waals surface area contributed by atoms with Gasteiger partial charge in [-0.25, -0.2) is 0 Å². The lowest BCUT2D eigenvalue weighted by atomic mass is 9.87. The molecule has 0 bridgehead atoms. The van der Waals surface area contributed by atoms with Crippen LogP contribution < -0.4 is 5.32 Å². The van der Waals surface area contributed by atoms with Gasteiger partial charge in [-0.1, -0.05) is 32.9 Å². The van der Waals surface area contributed by atoms with Crippen LogP contribution in [0.4, 0.5) is 5.69 Å². The third-order valence-electron chi connectivity index (χ3n) is 4.09. The van der Waals surface area contributed by atoms with Gasteiger partial charge in [0.2, 0.25) is 5.91 Å². The fourth-order valence-corrected chi connectivity index (χ4v) is 2.59. The molecular weight excluding hydrogens is 248 g/mol. The average molecular weight is 274 g/mol. The fraction of sp³-hybridized carbons (Fsp3) is 0.588. The molecule has 1 fully saturated rings. The highest BCUT2D eigenvalue weighted by Crippen LogP contribution is 2.23. The Morgan fingerprint density at radius 2 is 1.70 bits per heavy atom. The lowest BCUT2D eigenvalue weighted by molar-refractivity contribution is -0.120. The Morgan fingerprint density at radius 1 is 1.15 bits per heavy atom. The molecule has 0 unspecified atom stereocenters. The van der Waals surface area contributed by atoms with Crippen LogP contribution in [0.1, 0.15) is 46.1 Å². The van der Waals surface area contributed by atoms with Crippen molar-refractivity contribution in [2.24, 2.45) is 0 Å². The topological polar surface area (TPSA) is 32.3 Å². The summed E-state index contributed by atoms with van der Waals surface area (Å²) in [4.78, 5) is 14.5. The molecule has 0 spiro atoms. The monoisotopic (exact) mass is 274 g/mol. The molecular formula is C17H26N2O. The second-order valence-corrected chi connectivity index (χ2v) is 6.74. The zero-order valence-corrected chi connectivity index (χ0v) is 13.1. The van der Waals surface area contributed by atoms with Gasteiger partial charge in [-0.3, -0.25) is 9.69 Å². The number of hydrogen-bond acceptors (Lipinski definition) is 2. The molecule has 0 aromatic heterocycles. The summed E-state index contributed by atoms with van der Waals surface area (Å²) in [6, 6.07) is 8.14. The predicted molar refractivity (Wildman–Crippen MR) is 84.0 cm³/mol. The highest BCUT2D eigenvalue weighted by atomic mass is 16.2. The van der Waals surface area contributed by atoms with Crippen molar-refractivity contribution < 1.29 is 4.79 Å². The van der Waals surface area contributed by atoms with E-state index in [1.54, 1.807) is 0 Å². The molecule has 2 rings (SSSR count). The molecule has 1 atom stereocenters. The molecule has 3 nitrogen and oxygen atoms in total. The number of likely N-dealkylation sites (tertiary alicyclic amines) is 1. The van der Waals surface area contributed by atoms with Gasteiger partial charge in [0.15, 0.2) is 0 Å². The molecule has 1 aromatic carbocycles. The summed E-state index contributed by atoms with van der Waals surface area (Å²) in [7, 11) is 0. The van der Waals surface area contributed by atoms with E-state index < -0.39 is 0 Å². The van der Waals surface area contributed by atoms with Crippen LogP contribution in [0.25, 0.3) is 0 Å². The third-order valence-corrected chi connectivity index (χ3v) is 4.09. The molecule has 1 aromatic rings. The van der Waals surface area contributed by atoms with E-state index in [9.17, 15) is 4.79 Å². The fourth-order valence-electron chi connectivity index (χ4n) is 2.59. The first kappa shape index (κ1) is 15.0. The van der Waals surface area contributed by atoms with Gasteiger partial charge in [-0.05, 0) is 56.0 Å². The maximum Gasteiger partial charge on any atom is 0.241 e. The van der Waals surface area contributed by atoms with Crippen molar-refractivity contribution in [3.63, 3.8) is 0 Å². The molecule has 0 radical (unpaired) electrons.